The predicted molar refractivity (Wildman–Crippen MR) is 116 cm³/mol. The van der Waals surface area contributed by atoms with E-state index in [1.54, 1.807) is 29.5 Å². The lowest BCUT2D eigenvalue weighted by atomic mass is 10.1. The molecule has 5 nitrogen and oxygen atoms in total. The second-order valence-corrected chi connectivity index (χ2v) is 10.3. The molecule has 0 spiro atoms. The van der Waals surface area contributed by atoms with Crippen molar-refractivity contribution in [2.24, 2.45) is 0 Å². The first-order valence-corrected chi connectivity index (χ1v) is 12.0. The fraction of sp³-hybridized carbons (Fsp3) is 0.238. The third kappa shape index (κ3) is 4.01. The number of piperidine rings is 1. The molecule has 0 unspecified atom stereocenters. The maximum absolute atomic E-state index is 13.0. The highest BCUT2D eigenvalue weighted by molar-refractivity contribution is 7.92. The quantitative estimate of drug-likeness (QED) is 0.580. The van der Waals surface area contributed by atoms with Crippen LogP contribution in [0.15, 0.2) is 58.8 Å². The lowest BCUT2D eigenvalue weighted by molar-refractivity contribution is 0.529. The fourth-order valence-corrected chi connectivity index (χ4v) is 6.40. The van der Waals surface area contributed by atoms with Gasteiger partial charge in [0.1, 0.15) is 6.07 Å². The zero-order chi connectivity index (χ0) is 20.4. The molecule has 0 aliphatic carbocycles. The number of nitriles is 1. The monoisotopic (exact) mass is 443 g/mol. The molecule has 1 aromatic heterocycles. The average Bonchev–Trinajstić information content (AvgIpc) is 3.24. The molecular weight excluding hydrogens is 426 g/mol. The second kappa shape index (κ2) is 8.15. The van der Waals surface area contributed by atoms with Gasteiger partial charge in [-0.25, -0.2) is 13.4 Å². The van der Waals surface area contributed by atoms with Gasteiger partial charge < -0.3 is 4.90 Å². The summed E-state index contributed by atoms with van der Waals surface area (Å²) in [5.74, 6) is 0. The largest absolute Gasteiger partial charge is 0.348 e. The first-order valence-electron chi connectivity index (χ1n) is 9.18. The Bertz CT molecular complexity index is 1160. The third-order valence-electron chi connectivity index (χ3n) is 5.10. The molecule has 1 aliphatic rings. The van der Waals surface area contributed by atoms with Crippen LogP contribution in [0.5, 0.6) is 0 Å². The van der Waals surface area contributed by atoms with E-state index in [-0.39, 0.29) is 10.5 Å². The zero-order valence-electron chi connectivity index (χ0n) is 15.5. The molecule has 0 bridgehead atoms. The first-order chi connectivity index (χ1) is 14.0. The molecule has 148 valence electrons. The van der Waals surface area contributed by atoms with E-state index in [1.165, 1.54) is 6.07 Å². The van der Waals surface area contributed by atoms with Crippen LogP contribution < -0.4 is 4.90 Å². The minimum atomic E-state index is -3.53. The summed E-state index contributed by atoms with van der Waals surface area (Å²) < 4.78 is 26.1. The van der Waals surface area contributed by atoms with Gasteiger partial charge in [-0.3, -0.25) is 0 Å². The Labute approximate surface area is 179 Å². The lowest BCUT2D eigenvalue weighted by Gasteiger charge is -2.31. The van der Waals surface area contributed by atoms with Crippen molar-refractivity contribution in [3.8, 4) is 17.3 Å². The van der Waals surface area contributed by atoms with Gasteiger partial charge in [0.25, 0.3) is 0 Å². The molecule has 4 rings (SSSR count). The number of hydrogen-bond donors (Lipinski definition) is 0. The molecule has 0 atom stereocenters. The van der Waals surface area contributed by atoms with E-state index in [4.69, 9.17) is 16.6 Å². The number of rotatable bonds is 4. The maximum atomic E-state index is 13.0. The van der Waals surface area contributed by atoms with Crippen LogP contribution in [0.25, 0.3) is 11.3 Å². The minimum Gasteiger partial charge on any atom is -0.348 e. The molecule has 0 amide bonds. The number of anilines is 1. The lowest BCUT2D eigenvalue weighted by Crippen LogP contribution is -2.39. The Balaban J connectivity index is 1.47. The van der Waals surface area contributed by atoms with Gasteiger partial charge in [-0.2, -0.15) is 5.26 Å². The van der Waals surface area contributed by atoms with Gasteiger partial charge in [0.2, 0.25) is 0 Å². The smallest absolute Gasteiger partial charge is 0.185 e. The molecule has 1 aliphatic heterocycles. The molecule has 2 heterocycles. The van der Waals surface area contributed by atoms with Crippen LogP contribution in [0.2, 0.25) is 5.02 Å². The number of sulfone groups is 1. The molecule has 0 saturated carbocycles. The summed E-state index contributed by atoms with van der Waals surface area (Å²) in [7, 11) is -3.53. The van der Waals surface area contributed by atoms with E-state index in [9.17, 15) is 13.7 Å². The standard InChI is InChI=1S/C21H18ClN3O2S2/c22-17-7-5-15(6-8-17)19-14-28-21(24-19)25-11-9-18(10-12-25)29(26,27)20-4-2-1-3-16(20)13-23/h1-8,14,18H,9-12H2. The molecule has 0 radical (unpaired) electrons. The molecule has 3 aromatic rings. The van der Waals surface area contributed by atoms with E-state index in [2.05, 4.69) is 4.90 Å². The van der Waals surface area contributed by atoms with E-state index in [1.807, 2.05) is 35.7 Å². The topological polar surface area (TPSA) is 74.1 Å². The Morgan fingerprint density at radius 2 is 1.79 bits per heavy atom. The molecular formula is C21H18ClN3O2S2. The van der Waals surface area contributed by atoms with Crippen LogP contribution in [0.3, 0.4) is 0 Å². The fourth-order valence-electron chi connectivity index (χ4n) is 3.51. The van der Waals surface area contributed by atoms with Gasteiger partial charge in [0, 0.05) is 29.1 Å². The van der Waals surface area contributed by atoms with Gasteiger partial charge in [0.05, 0.1) is 21.4 Å². The second-order valence-electron chi connectivity index (χ2n) is 6.86. The molecule has 2 aromatic carbocycles. The van der Waals surface area contributed by atoms with E-state index in [0.29, 0.717) is 31.0 Å². The van der Waals surface area contributed by atoms with Crippen LogP contribution in [-0.4, -0.2) is 31.7 Å². The van der Waals surface area contributed by atoms with E-state index < -0.39 is 15.1 Å². The molecule has 8 heteroatoms. The van der Waals surface area contributed by atoms with Crippen LogP contribution in [0.4, 0.5) is 5.13 Å². The number of benzene rings is 2. The summed E-state index contributed by atoms with van der Waals surface area (Å²) in [6.45, 7) is 1.23. The summed E-state index contributed by atoms with van der Waals surface area (Å²) >= 11 is 7.50. The molecule has 0 N–H and O–H groups in total. The highest BCUT2D eigenvalue weighted by Crippen LogP contribution is 2.32. The van der Waals surface area contributed by atoms with Crippen molar-refractivity contribution in [2.75, 3.05) is 18.0 Å². The highest BCUT2D eigenvalue weighted by Gasteiger charge is 2.33. The van der Waals surface area contributed by atoms with Crippen molar-refractivity contribution in [1.29, 1.82) is 5.26 Å². The van der Waals surface area contributed by atoms with Crippen molar-refractivity contribution in [2.45, 2.75) is 23.0 Å². The third-order valence-corrected chi connectivity index (χ3v) is 8.57. The van der Waals surface area contributed by atoms with Gasteiger partial charge in [-0.15, -0.1) is 11.3 Å². The molecule has 29 heavy (non-hydrogen) atoms. The normalized spacial score (nSPS) is 15.2. The summed E-state index contributed by atoms with van der Waals surface area (Å²) in [5, 5.41) is 12.3. The van der Waals surface area contributed by atoms with E-state index in [0.717, 1.165) is 16.4 Å². The Kier molecular flexibility index (Phi) is 5.59. The average molecular weight is 444 g/mol. The molecule has 1 fully saturated rings. The van der Waals surface area contributed by atoms with Crippen molar-refractivity contribution in [3.05, 3.63) is 64.5 Å². The van der Waals surface area contributed by atoms with Crippen molar-refractivity contribution < 1.29 is 8.42 Å². The zero-order valence-corrected chi connectivity index (χ0v) is 17.8. The van der Waals surface area contributed by atoms with E-state index >= 15 is 0 Å². The van der Waals surface area contributed by atoms with Gasteiger partial charge in [-0.05, 0) is 37.1 Å². The summed E-state index contributed by atoms with van der Waals surface area (Å²) in [5.41, 5.74) is 2.10. The van der Waals surface area contributed by atoms with Crippen molar-refractivity contribution >= 4 is 37.9 Å². The number of nitrogens with zero attached hydrogens (tertiary/aromatic N) is 3. The van der Waals surface area contributed by atoms with Crippen molar-refractivity contribution in [3.63, 3.8) is 0 Å². The Hall–Kier alpha value is -2.40. The van der Waals surface area contributed by atoms with Crippen LogP contribution in [0, 0.1) is 11.3 Å². The summed E-state index contributed by atoms with van der Waals surface area (Å²) in [6.07, 6.45) is 1.02. The number of hydrogen-bond acceptors (Lipinski definition) is 6. The predicted octanol–water partition coefficient (Wildman–Crippen LogP) is 4.78. The molecule has 1 saturated heterocycles. The maximum Gasteiger partial charge on any atom is 0.185 e. The minimum absolute atomic E-state index is 0.139. The SMILES string of the molecule is N#Cc1ccccc1S(=O)(=O)C1CCN(c2nc(-c3ccc(Cl)cc3)cs2)CC1. The first kappa shape index (κ1) is 19.9. The number of aromatic nitrogens is 1. The van der Waals surface area contributed by atoms with Crippen LogP contribution in [-0.2, 0) is 9.84 Å². The van der Waals surface area contributed by atoms with Gasteiger partial charge >= 0.3 is 0 Å². The highest BCUT2D eigenvalue weighted by atomic mass is 35.5. The summed E-state index contributed by atoms with van der Waals surface area (Å²) in [6, 6.07) is 16.0. The number of thiazole rings is 1. The Morgan fingerprint density at radius 1 is 1.10 bits per heavy atom. The Morgan fingerprint density at radius 3 is 2.48 bits per heavy atom. The number of halogens is 1. The van der Waals surface area contributed by atoms with Crippen molar-refractivity contribution in [1.82, 2.24) is 4.98 Å². The summed E-state index contributed by atoms with van der Waals surface area (Å²) in [4.78, 5) is 6.99. The van der Waals surface area contributed by atoms with Gasteiger partial charge in [-0.1, -0.05) is 35.9 Å². The van der Waals surface area contributed by atoms with Crippen LogP contribution >= 0.6 is 22.9 Å². The van der Waals surface area contributed by atoms with Gasteiger partial charge in [0.15, 0.2) is 15.0 Å². The van der Waals surface area contributed by atoms with Crippen LogP contribution in [0.1, 0.15) is 18.4 Å².